The number of benzene rings is 1. The number of carbonyl (C=O) groups is 1. The van der Waals surface area contributed by atoms with Crippen molar-refractivity contribution in [1.29, 1.82) is 0 Å². The van der Waals surface area contributed by atoms with Gasteiger partial charge in [-0.2, -0.15) is 0 Å². The minimum atomic E-state index is -0.661. The van der Waals surface area contributed by atoms with Crippen molar-refractivity contribution in [3.8, 4) is 17.2 Å². The molecule has 0 aliphatic heterocycles. The van der Waals surface area contributed by atoms with Crippen molar-refractivity contribution in [3.05, 3.63) is 17.7 Å². The molecule has 0 heterocycles. The Morgan fingerprint density at radius 1 is 1.10 bits per heavy atom. The molecule has 0 spiro atoms. The summed E-state index contributed by atoms with van der Waals surface area (Å²) >= 11 is 0. The van der Waals surface area contributed by atoms with Crippen molar-refractivity contribution in [2.24, 2.45) is 0 Å². The average molecular weight is 297 g/mol. The molecule has 0 amide bonds. The van der Waals surface area contributed by atoms with Gasteiger partial charge in [0.25, 0.3) is 0 Å². The van der Waals surface area contributed by atoms with Crippen LogP contribution in [0.3, 0.4) is 0 Å². The van der Waals surface area contributed by atoms with Crippen LogP contribution in [-0.2, 0) is 9.53 Å². The Morgan fingerprint density at radius 3 is 2.05 bits per heavy atom. The van der Waals surface area contributed by atoms with E-state index >= 15 is 0 Å². The van der Waals surface area contributed by atoms with Gasteiger partial charge in [0, 0.05) is 12.1 Å². The molecule has 0 aromatic heterocycles. The van der Waals surface area contributed by atoms with Crippen molar-refractivity contribution in [2.75, 3.05) is 34.5 Å². The molecular formula is C15H23NO5. The lowest BCUT2D eigenvalue weighted by Crippen LogP contribution is -2.30. The molecule has 0 aliphatic rings. The first-order valence-corrected chi connectivity index (χ1v) is 6.82. The molecule has 1 rings (SSSR count). The number of ether oxygens (including phenoxy) is 4. The molecule has 1 aromatic rings. The summed E-state index contributed by atoms with van der Waals surface area (Å²) in [5, 5.41) is 3.10. The fourth-order valence-corrected chi connectivity index (χ4v) is 2.05. The molecule has 0 bridgehead atoms. The smallest absolute Gasteiger partial charge is 0.328 e. The zero-order valence-corrected chi connectivity index (χ0v) is 13.2. The number of nitrogens with one attached hydrogen (secondary N) is 1. The Kier molecular flexibility index (Phi) is 6.81. The Morgan fingerprint density at radius 2 is 1.67 bits per heavy atom. The number of esters is 1. The van der Waals surface area contributed by atoms with E-state index in [1.807, 2.05) is 6.92 Å². The summed E-state index contributed by atoms with van der Waals surface area (Å²) in [6, 6.07) is 2.76. The van der Waals surface area contributed by atoms with E-state index in [0.717, 1.165) is 0 Å². The predicted octanol–water partition coefficient (Wildman–Crippen LogP) is 1.93. The van der Waals surface area contributed by atoms with Crippen LogP contribution in [0.4, 0.5) is 0 Å². The van der Waals surface area contributed by atoms with Gasteiger partial charge in [0.1, 0.15) is 23.3 Å². The molecule has 6 nitrogen and oxygen atoms in total. The minimum absolute atomic E-state index is 0.307. The third-order valence-electron chi connectivity index (χ3n) is 2.97. The second-order valence-electron chi connectivity index (χ2n) is 4.19. The first kappa shape index (κ1) is 17.1. The highest BCUT2D eigenvalue weighted by molar-refractivity contribution is 5.80. The number of rotatable bonds is 8. The largest absolute Gasteiger partial charge is 0.496 e. The van der Waals surface area contributed by atoms with E-state index < -0.39 is 6.04 Å². The molecule has 1 aromatic carbocycles. The van der Waals surface area contributed by atoms with Gasteiger partial charge in [-0.1, -0.05) is 6.92 Å². The van der Waals surface area contributed by atoms with Crippen molar-refractivity contribution in [3.63, 3.8) is 0 Å². The highest BCUT2D eigenvalue weighted by atomic mass is 16.5. The number of likely N-dealkylation sites (N-methyl/N-ethyl adjacent to an activating group) is 1. The zero-order chi connectivity index (χ0) is 15.8. The van der Waals surface area contributed by atoms with E-state index in [1.165, 1.54) is 14.2 Å². The van der Waals surface area contributed by atoms with Gasteiger partial charge in [0.2, 0.25) is 0 Å². The lowest BCUT2D eigenvalue weighted by atomic mass is 10.0. The van der Waals surface area contributed by atoms with E-state index in [9.17, 15) is 4.79 Å². The maximum Gasteiger partial charge on any atom is 0.328 e. The van der Waals surface area contributed by atoms with Crippen LogP contribution in [0.15, 0.2) is 12.1 Å². The van der Waals surface area contributed by atoms with Crippen LogP contribution < -0.4 is 19.5 Å². The van der Waals surface area contributed by atoms with E-state index in [4.69, 9.17) is 18.9 Å². The van der Waals surface area contributed by atoms with Crippen molar-refractivity contribution >= 4 is 5.97 Å². The summed E-state index contributed by atoms with van der Waals surface area (Å²) in [6.07, 6.45) is 0. The van der Waals surface area contributed by atoms with Crippen molar-refractivity contribution in [1.82, 2.24) is 5.32 Å². The SMILES string of the molecule is CCNC(C(=O)OCC)c1c(OC)cc(OC)cc1OC. The summed E-state index contributed by atoms with van der Waals surface area (Å²) in [5.74, 6) is 1.23. The molecular weight excluding hydrogens is 274 g/mol. The second-order valence-corrected chi connectivity index (χ2v) is 4.19. The lowest BCUT2D eigenvalue weighted by Gasteiger charge is -2.22. The van der Waals surface area contributed by atoms with Gasteiger partial charge in [0.05, 0.1) is 33.5 Å². The molecule has 118 valence electrons. The second kappa shape index (κ2) is 8.36. The molecule has 0 fully saturated rings. The maximum atomic E-state index is 12.2. The van der Waals surface area contributed by atoms with Crippen molar-refractivity contribution < 1.29 is 23.7 Å². The fraction of sp³-hybridized carbons (Fsp3) is 0.533. The summed E-state index contributed by atoms with van der Waals surface area (Å²) in [5.41, 5.74) is 0.598. The number of methoxy groups -OCH3 is 3. The van der Waals surface area contributed by atoms with Crippen molar-refractivity contribution in [2.45, 2.75) is 19.9 Å². The highest BCUT2D eigenvalue weighted by Crippen LogP contribution is 2.38. The first-order chi connectivity index (χ1) is 10.1. The van der Waals surface area contributed by atoms with E-state index in [2.05, 4.69) is 5.32 Å². The van der Waals surface area contributed by atoms with E-state index in [1.54, 1.807) is 26.2 Å². The maximum absolute atomic E-state index is 12.2. The normalized spacial score (nSPS) is 11.7. The monoisotopic (exact) mass is 297 g/mol. The zero-order valence-electron chi connectivity index (χ0n) is 13.2. The van der Waals surface area contributed by atoms with Gasteiger partial charge in [-0.15, -0.1) is 0 Å². The van der Waals surface area contributed by atoms with Gasteiger partial charge in [-0.3, -0.25) is 0 Å². The third-order valence-corrected chi connectivity index (χ3v) is 2.97. The molecule has 6 heteroatoms. The number of hydrogen-bond acceptors (Lipinski definition) is 6. The average Bonchev–Trinajstić information content (AvgIpc) is 2.51. The summed E-state index contributed by atoms with van der Waals surface area (Å²) in [6.45, 7) is 4.58. The summed E-state index contributed by atoms with van der Waals surface area (Å²) in [4.78, 5) is 12.2. The third kappa shape index (κ3) is 4.01. The van der Waals surface area contributed by atoms with Gasteiger partial charge in [0.15, 0.2) is 0 Å². The molecule has 21 heavy (non-hydrogen) atoms. The summed E-state index contributed by atoms with van der Waals surface area (Å²) in [7, 11) is 4.62. The first-order valence-electron chi connectivity index (χ1n) is 6.82. The fourth-order valence-electron chi connectivity index (χ4n) is 2.05. The van der Waals surface area contributed by atoms with E-state index in [-0.39, 0.29) is 5.97 Å². The Balaban J connectivity index is 3.36. The molecule has 1 atom stereocenters. The van der Waals surface area contributed by atoms with Gasteiger partial charge >= 0.3 is 5.97 Å². The van der Waals surface area contributed by atoms with Gasteiger partial charge in [-0.25, -0.2) is 4.79 Å². The highest BCUT2D eigenvalue weighted by Gasteiger charge is 2.28. The molecule has 1 unspecified atom stereocenters. The standard InChI is InChI=1S/C15H23NO5/c1-6-16-14(15(17)21-7-2)13-11(19-4)8-10(18-3)9-12(13)20-5/h8-9,14,16H,6-7H2,1-5H3. The molecule has 0 aliphatic carbocycles. The van der Waals surface area contributed by atoms with Crippen LogP contribution in [0, 0.1) is 0 Å². The molecule has 0 saturated carbocycles. The van der Waals surface area contributed by atoms with Gasteiger partial charge < -0.3 is 24.3 Å². The minimum Gasteiger partial charge on any atom is -0.496 e. The molecule has 0 saturated heterocycles. The Hall–Kier alpha value is -1.95. The molecule has 0 radical (unpaired) electrons. The number of hydrogen-bond donors (Lipinski definition) is 1. The Labute approximate surface area is 125 Å². The predicted molar refractivity (Wildman–Crippen MR) is 79.1 cm³/mol. The summed E-state index contributed by atoms with van der Waals surface area (Å²) < 4.78 is 21.1. The topological polar surface area (TPSA) is 66.0 Å². The lowest BCUT2D eigenvalue weighted by molar-refractivity contribution is -0.145. The Bertz CT molecular complexity index is 450. The number of carbonyl (C=O) groups excluding carboxylic acids is 1. The quantitative estimate of drug-likeness (QED) is 0.740. The van der Waals surface area contributed by atoms with Crippen LogP contribution in [0.5, 0.6) is 17.2 Å². The van der Waals surface area contributed by atoms with Crippen LogP contribution >= 0.6 is 0 Å². The molecule has 1 N–H and O–H groups in total. The van der Waals surface area contributed by atoms with Crippen LogP contribution in [0.1, 0.15) is 25.5 Å². The van der Waals surface area contributed by atoms with Crippen LogP contribution in [-0.4, -0.2) is 40.5 Å². The van der Waals surface area contributed by atoms with E-state index in [0.29, 0.717) is 36.0 Å². The van der Waals surface area contributed by atoms with Crippen LogP contribution in [0.25, 0.3) is 0 Å². The van der Waals surface area contributed by atoms with Crippen LogP contribution in [0.2, 0.25) is 0 Å². The van der Waals surface area contributed by atoms with Gasteiger partial charge in [-0.05, 0) is 13.5 Å².